The highest BCUT2D eigenvalue weighted by Gasteiger charge is 2.29. The number of benzene rings is 1. The molecule has 0 aromatic heterocycles. The normalized spacial score (nSPS) is 24.1. The summed E-state index contributed by atoms with van der Waals surface area (Å²) in [4.78, 5) is 25.3. The minimum Gasteiger partial charge on any atom is -0.493 e. The second kappa shape index (κ2) is 8.92. The predicted molar refractivity (Wildman–Crippen MR) is 98.1 cm³/mol. The Hall–Kier alpha value is -2.24. The highest BCUT2D eigenvalue weighted by Crippen LogP contribution is 2.25. The first-order valence-corrected chi connectivity index (χ1v) is 9.58. The molecule has 0 spiro atoms. The predicted octanol–water partition coefficient (Wildman–Crippen LogP) is 3.13. The van der Waals surface area contributed by atoms with E-state index in [1.165, 1.54) is 0 Å². The Morgan fingerprint density at radius 3 is 2.31 bits per heavy atom. The van der Waals surface area contributed by atoms with Gasteiger partial charge in [0.05, 0.1) is 12.5 Å². The Balaban J connectivity index is 1.35. The lowest BCUT2D eigenvalue weighted by Crippen LogP contribution is -2.49. The van der Waals surface area contributed by atoms with E-state index in [1.807, 2.05) is 35.2 Å². The molecule has 6 heteroatoms. The van der Waals surface area contributed by atoms with Crippen molar-refractivity contribution in [3.05, 3.63) is 30.3 Å². The van der Waals surface area contributed by atoms with Crippen molar-refractivity contribution in [2.75, 3.05) is 19.7 Å². The molecule has 2 aliphatic rings. The molecule has 2 fully saturated rings. The summed E-state index contributed by atoms with van der Waals surface area (Å²) in [5.41, 5.74) is 0. The molecule has 6 nitrogen and oxygen atoms in total. The fourth-order valence-corrected chi connectivity index (χ4v) is 3.78. The number of likely N-dealkylation sites (tertiary alicyclic amines) is 1. The largest absolute Gasteiger partial charge is 0.493 e. The number of ether oxygens (including phenoxy) is 1. The smallest absolute Gasteiger partial charge is 0.317 e. The Morgan fingerprint density at radius 1 is 1.04 bits per heavy atom. The molecule has 0 bridgehead atoms. The lowest BCUT2D eigenvalue weighted by atomic mass is 9.86. The maximum absolute atomic E-state index is 12.4. The zero-order valence-corrected chi connectivity index (χ0v) is 15.1. The summed E-state index contributed by atoms with van der Waals surface area (Å²) in [5.74, 6) is 0.410. The third kappa shape index (κ3) is 5.13. The second-order valence-electron chi connectivity index (χ2n) is 7.39. The maximum Gasteiger partial charge on any atom is 0.317 e. The number of carboxylic acid groups (broad SMARTS) is 1. The summed E-state index contributed by atoms with van der Waals surface area (Å²) in [6.45, 7) is 2.19. The van der Waals surface area contributed by atoms with Crippen LogP contribution in [-0.2, 0) is 4.79 Å². The van der Waals surface area contributed by atoms with Crippen LogP contribution in [0.1, 0.15) is 38.5 Å². The Morgan fingerprint density at radius 2 is 1.69 bits per heavy atom. The van der Waals surface area contributed by atoms with Crippen LogP contribution in [-0.4, -0.2) is 47.7 Å². The molecule has 0 unspecified atom stereocenters. The first-order valence-electron chi connectivity index (χ1n) is 9.58. The van der Waals surface area contributed by atoms with Crippen molar-refractivity contribution in [3.63, 3.8) is 0 Å². The van der Waals surface area contributed by atoms with Gasteiger partial charge in [0.25, 0.3) is 0 Å². The molecule has 2 amide bonds. The van der Waals surface area contributed by atoms with Crippen LogP contribution in [0.4, 0.5) is 4.79 Å². The summed E-state index contributed by atoms with van der Waals surface area (Å²) in [6.07, 6.45) is 4.71. The molecule has 1 aromatic carbocycles. The molecule has 1 aliphatic carbocycles. The van der Waals surface area contributed by atoms with Gasteiger partial charge in [-0.25, -0.2) is 4.79 Å². The third-order valence-electron chi connectivity index (χ3n) is 5.53. The van der Waals surface area contributed by atoms with Crippen molar-refractivity contribution in [2.24, 2.45) is 11.8 Å². The average Bonchev–Trinajstić information content (AvgIpc) is 2.68. The van der Waals surface area contributed by atoms with Gasteiger partial charge in [0.1, 0.15) is 5.75 Å². The van der Waals surface area contributed by atoms with Crippen LogP contribution in [0, 0.1) is 11.8 Å². The molecular formula is C20H28N2O4. The van der Waals surface area contributed by atoms with Crippen molar-refractivity contribution in [1.82, 2.24) is 10.2 Å². The van der Waals surface area contributed by atoms with E-state index in [4.69, 9.17) is 9.84 Å². The molecule has 2 N–H and O–H groups in total. The van der Waals surface area contributed by atoms with E-state index >= 15 is 0 Å². The molecule has 1 aromatic rings. The van der Waals surface area contributed by atoms with Crippen molar-refractivity contribution in [1.29, 1.82) is 0 Å². The molecule has 3 rings (SSSR count). The first kappa shape index (κ1) is 18.5. The van der Waals surface area contributed by atoms with Gasteiger partial charge in [0.15, 0.2) is 0 Å². The molecule has 1 heterocycles. The third-order valence-corrected chi connectivity index (χ3v) is 5.53. The van der Waals surface area contributed by atoms with Crippen LogP contribution < -0.4 is 10.1 Å². The van der Waals surface area contributed by atoms with Gasteiger partial charge in [-0.05, 0) is 56.6 Å². The number of carbonyl (C=O) groups excluding carboxylic acids is 1. The Kier molecular flexibility index (Phi) is 6.36. The molecule has 0 radical (unpaired) electrons. The quantitative estimate of drug-likeness (QED) is 0.845. The zero-order chi connectivity index (χ0) is 18.4. The maximum atomic E-state index is 12.4. The molecule has 1 saturated carbocycles. The number of nitrogens with zero attached hydrogens (tertiary/aromatic N) is 1. The van der Waals surface area contributed by atoms with Crippen molar-refractivity contribution in [3.8, 4) is 5.75 Å². The fourth-order valence-electron chi connectivity index (χ4n) is 3.78. The average molecular weight is 360 g/mol. The van der Waals surface area contributed by atoms with Gasteiger partial charge in [-0.2, -0.15) is 0 Å². The van der Waals surface area contributed by atoms with Crippen molar-refractivity contribution in [2.45, 2.75) is 44.6 Å². The number of aliphatic carboxylic acids is 1. The van der Waals surface area contributed by atoms with E-state index in [9.17, 15) is 9.59 Å². The lowest BCUT2D eigenvalue weighted by Gasteiger charge is -2.34. The van der Waals surface area contributed by atoms with Crippen LogP contribution in [0.15, 0.2) is 30.3 Å². The summed E-state index contributed by atoms with van der Waals surface area (Å²) in [5, 5.41) is 12.1. The summed E-state index contributed by atoms with van der Waals surface area (Å²) in [6, 6.07) is 9.92. The van der Waals surface area contributed by atoms with Gasteiger partial charge >= 0.3 is 12.0 Å². The highest BCUT2D eigenvalue weighted by molar-refractivity contribution is 5.74. The number of carboxylic acids is 1. The summed E-state index contributed by atoms with van der Waals surface area (Å²) >= 11 is 0. The minimum atomic E-state index is -0.713. The summed E-state index contributed by atoms with van der Waals surface area (Å²) in [7, 11) is 0. The van der Waals surface area contributed by atoms with Crippen LogP contribution in [0.2, 0.25) is 0 Å². The number of piperidine rings is 1. The van der Waals surface area contributed by atoms with E-state index < -0.39 is 5.97 Å². The number of hydrogen-bond donors (Lipinski definition) is 2. The zero-order valence-electron chi connectivity index (χ0n) is 15.1. The molecule has 0 atom stereocenters. The van der Waals surface area contributed by atoms with Crippen molar-refractivity contribution < 1.29 is 19.4 Å². The number of amides is 2. The van der Waals surface area contributed by atoms with E-state index in [0.29, 0.717) is 25.4 Å². The molecular weight excluding hydrogens is 332 g/mol. The van der Waals surface area contributed by atoms with E-state index in [-0.39, 0.29) is 18.0 Å². The van der Waals surface area contributed by atoms with E-state index in [1.54, 1.807) is 0 Å². The molecule has 1 aliphatic heterocycles. The number of urea groups is 1. The number of para-hydroxylation sites is 1. The van der Waals surface area contributed by atoms with Gasteiger partial charge < -0.3 is 20.1 Å². The standard InChI is InChI=1S/C20H28N2O4/c23-19(24)16-6-8-17(9-7-16)21-20(25)22-12-10-15(11-13-22)14-26-18-4-2-1-3-5-18/h1-5,15-17H,6-14H2,(H,21,25)(H,23,24). The lowest BCUT2D eigenvalue weighted by molar-refractivity contribution is -0.142. The van der Waals surface area contributed by atoms with Gasteiger partial charge in [0.2, 0.25) is 0 Å². The van der Waals surface area contributed by atoms with Crippen LogP contribution in [0.3, 0.4) is 0 Å². The van der Waals surface area contributed by atoms with Gasteiger partial charge in [-0.15, -0.1) is 0 Å². The number of rotatable bonds is 5. The summed E-state index contributed by atoms with van der Waals surface area (Å²) < 4.78 is 5.83. The first-order chi connectivity index (χ1) is 12.6. The van der Waals surface area contributed by atoms with Crippen LogP contribution >= 0.6 is 0 Å². The number of nitrogens with one attached hydrogen (secondary N) is 1. The van der Waals surface area contributed by atoms with Crippen LogP contribution in [0.25, 0.3) is 0 Å². The second-order valence-corrected chi connectivity index (χ2v) is 7.39. The SMILES string of the molecule is O=C(O)C1CCC(NC(=O)N2CCC(COc3ccccc3)CC2)CC1. The molecule has 142 valence electrons. The van der Waals surface area contributed by atoms with Gasteiger partial charge in [0, 0.05) is 19.1 Å². The Bertz CT molecular complexity index is 591. The van der Waals surface area contributed by atoms with Gasteiger partial charge in [-0.3, -0.25) is 4.79 Å². The van der Waals surface area contributed by atoms with E-state index in [0.717, 1.165) is 44.5 Å². The minimum absolute atomic E-state index is 0.00815. The topological polar surface area (TPSA) is 78.9 Å². The van der Waals surface area contributed by atoms with Gasteiger partial charge in [-0.1, -0.05) is 18.2 Å². The van der Waals surface area contributed by atoms with Crippen molar-refractivity contribution >= 4 is 12.0 Å². The number of carbonyl (C=O) groups is 2. The highest BCUT2D eigenvalue weighted by atomic mass is 16.5. The van der Waals surface area contributed by atoms with E-state index in [2.05, 4.69) is 5.32 Å². The number of hydrogen-bond acceptors (Lipinski definition) is 3. The Labute approximate surface area is 154 Å². The van der Waals surface area contributed by atoms with Crippen LogP contribution in [0.5, 0.6) is 5.75 Å². The molecule has 26 heavy (non-hydrogen) atoms. The fraction of sp³-hybridized carbons (Fsp3) is 0.600. The molecule has 1 saturated heterocycles. The monoisotopic (exact) mass is 360 g/mol.